The fraction of sp³-hybridized carbons (Fsp3) is 0.417. The molecule has 3 nitrogen and oxygen atoms in total. The first-order chi connectivity index (χ1) is 7.83. The largest absolute Gasteiger partial charge is 0.312 e. The van der Waals surface area contributed by atoms with Gasteiger partial charge in [0.25, 0.3) is 0 Å². The van der Waals surface area contributed by atoms with Crippen LogP contribution in [-0.4, -0.2) is 22.4 Å². The summed E-state index contributed by atoms with van der Waals surface area (Å²) in [5.74, 6) is -0.200. The van der Waals surface area contributed by atoms with Gasteiger partial charge < -0.3 is 5.32 Å². The van der Waals surface area contributed by atoms with E-state index in [9.17, 15) is 4.39 Å². The Hall–Kier alpha value is -1.13. The molecule has 1 aromatic carbocycles. The Labute approximate surface area is 105 Å². The third kappa shape index (κ3) is 2.42. The molecule has 0 radical (unpaired) electrons. The summed E-state index contributed by atoms with van der Waals surface area (Å²) in [6, 6.07) is 5.28. The van der Waals surface area contributed by atoms with Crippen LogP contribution in [-0.2, 0) is 6.54 Å². The molecule has 0 aliphatic carbocycles. The molecule has 5 heteroatoms. The highest BCUT2D eigenvalue weighted by atomic mass is 35.5. The molecule has 3 rings (SSSR count). The highest BCUT2D eigenvalue weighted by molar-refractivity contribution is 5.85. The first-order valence-electron chi connectivity index (χ1n) is 5.67. The second-order valence-electron chi connectivity index (χ2n) is 4.32. The predicted molar refractivity (Wildman–Crippen MR) is 68.0 cm³/mol. The number of fused-ring (bicyclic) bond motifs is 1. The predicted octanol–water partition coefficient (Wildman–Crippen LogP) is 2.35. The van der Waals surface area contributed by atoms with E-state index < -0.39 is 0 Å². The van der Waals surface area contributed by atoms with Crippen LogP contribution in [0, 0.1) is 5.82 Å². The molecule has 17 heavy (non-hydrogen) atoms. The summed E-state index contributed by atoms with van der Waals surface area (Å²) in [4.78, 5) is 0. The van der Waals surface area contributed by atoms with Gasteiger partial charge in [0, 0.05) is 11.4 Å². The van der Waals surface area contributed by atoms with Crippen LogP contribution in [0.5, 0.6) is 0 Å². The van der Waals surface area contributed by atoms with Crippen molar-refractivity contribution >= 4 is 23.3 Å². The van der Waals surface area contributed by atoms with Crippen molar-refractivity contribution in [3.05, 3.63) is 30.2 Å². The molecule has 0 saturated carbocycles. The van der Waals surface area contributed by atoms with E-state index in [-0.39, 0.29) is 18.2 Å². The Balaban J connectivity index is 0.00000108. The highest BCUT2D eigenvalue weighted by Crippen LogP contribution is 2.16. The van der Waals surface area contributed by atoms with E-state index in [4.69, 9.17) is 0 Å². The van der Waals surface area contributed by atoms with Crippen LogP contribution < -0.4 is 5.32 Å². The summed E-state index contributed by atoms with van der Waals surface area (Å²) < 4.78 is 15.0. The number of rotatable bonds is 2. The topological polar surface area (TPSA) is 29.9 Å². The van der Waals surface area contributed by atoms with Crippen LogP contribution in [0.2, 0.25) is 0 Å². The lowest BCUT2D eigenvalue weighted by Gasteiger charge is -2.10. The number of halogens is 2. The van der Waals surface area contributed by atoms with Gasteiger partial charge in [-0.05, 0) is 37.6 Å². The van der Waals surface area contributed by atoms with Crippen molar-refractivity contribution in [1.29, 1.82) is 0 Å². The zero-order valence-corrected chi connectivity index (χ0v) is 10.2. The lowest BCUT2D eigenvalue weighted by molar-refractivity contribution is 0.485. The van der Waals surface area contributed by atoms with Gasteiger partial charge in [0.05, 0.1) is 18.3 Å². The zero-order chi connectivity index (χ0) is 11.0. The normalized spacial score (nSPS) is 19.5. The lowest BCUT2D eigenvalue weighted by Crippen LogP contribution is -2.27. The van der Waals surface area contributed by atoms with Crippen LogP contribution >= 0.6 is 12.4 Å². The molecule has 2 heterocycles. The van der Waals surface area contributed by atoms with E-state index in [1.807, 2.05) is 4.68 Å². The molecule has 1 N–H and O–H groups in total. The first kappa shape index (κ1) is 12.3. The van der Waals surface area contributed by atoms with Crippen LogP contribution in [0.15, 0.2) is 24.4 Å². The van der Waals surface area contributed by atoms with E-state index in [2.05, 4.69) is 10.4 Å². The number of benzene rings is 1. The van der Waals surface area contributed by atoms with Gasteiger partial charge in [-0.2, -0.15) is 5.10 Å². The van der Waals surface area contributed by atoms with Crippen molar-refractivity contribution in [3.8, 4) is 0 Å². The summed E-state index contributed by atoms with van der Waals surface area (Å²) in [6.07, 6.45) is 4.19. The molecule has 0 spiro atoms. The minimum Gasteiger partial charge on any atom is -0.312 e. The Morgan fingerprint density at radius 3 is 3.12 bits per heavy atom. The van der Waals surface area contributed by atoms with Crippen LogP contribution in [0.3, 0.4) is 0 Å². The average molecular weight is 256 g/mol. The smallest absolute Gasteiger partial charge is 0.125 e. The third-order valence-electron chi connectivity index (χ3n) is 3.16. The van der Waals surface area contributed by atoms with Gasteiger partial charge in [-0.15, -0.1) is 12.4 Å². The summed E-state index contributed by atoms with van der Waals surface area (Å²) in [5.41, 5.74) is 0.883. The summed E-state index contributed by atoms with van der Waals surface area (Å²) >= 11 is 0. The van der Waals surface area contributed by atoms with Gasteiger partial charge in [-0.25, -0.2) is 4.39 Å². The Kier molecular flexibility index (Phi) is 3.64. The molecular formula is C12H15ClFN3. The van der Waals surface area contributed by atoms with Crippen molar-refractivity contribution in [3.63, 3.8) is 0 Å². The molecular weight excluding hydrogens is 241 g/mol. The molecule has 92 valence electrons. The molecule has 2 aromatic rings. The minimum atomic E-state index is -0.200. The van der Waals surface area contributed by atoms with E-state index in [1.54, 1.807) is 18.3 Å². The fourth-order valence-corrected chi connectivity index (χ4v) is 2.31. The van der Waals surface area contributed by atoms with Gasteiger partial charge in [0.15, 0.2) is 0 Å². The van der Waals surface area contributed by atoms with Crippen LogP contribution in [0.4, 0.5) is 4.39 Å². The number of nitrogens with zero attached hydrogens (tertiary/aromatic N) is 2. The molecule has 0 bridgehead atoms. The third-order valence-corrected chi connectivity index (χ3v) is 3.16. The van der Waals surface area contributed by atoms with E-state index >= 15 is 0 Å². The quantitative estimate of drug-likeness (QED) is 0.893. The maximum absolute atomic E-state index is 13.2. The second kappa shape index (κ2) is 5.02. The van der Waals surface area contributed by atoms with Crippen LogP contribution in [0.25, 0.3) is 10.9 Å². The number of aromatic nitrogens is 2. The Bertz CT molecular complexity index is 505. The second-order valence-corrected chi connectivity index (χ2v) is 4.32. The van der Waals surface area contributed by atoms with Gasteiger partial charge in [-0.1, -0.05) is 0 Å². The van der Waals surface area contributed by atoms with Crippen molar-refractivity contribution in [2.24, 2.45) is 0 Å². The van der Waals surface area contributed by atoms with Gasteiger partial charge in [0.2, 0.25) is 0 Å². The van der Waals surface area contributed by atoms with Crippen LogP contribution in [0.1, 0.15) is 12.8 Å². The van der Waals surface area contributed by atoms with Crippen molar-refractivity contribution in [2.75, 3.05) is 6.54 Å². The molecule has 0 amide bonds. The molecule has 1 saturated heterocycles. The molecule has 0 unspecified atom stereocenters. The van der Waals surface area contributed by atoms with Gasteiger partial charge in [0.1, 0.15) is 5.82 Å². The molecule has 1 fully saturated rings. The van der Waals surface area contributed by atoms with E-state index in [1.165, 1.54) is 18.9 Å². The van der Waals surface area contributed by atoms with E-state index in [0.29, 0.717) is 6.04 Å². The molecule has 1 aliphatic heterocycles. The lowest BCUT2D eigenvalue weighted by atomic mass is 10.2. The van der Waals surface area contributed by atoms with Gasteiger partial charge in [-0.3, -0.25) is 4.68 Å². The summed E-state index contributed by atoms with van der Waals surface area (Å²) in [7, 11) is 0. The maximum atomic E-state index is 13.2. The first-order valence-corrected chi connectivity index (χ1v) is 5.67. The molecule has 1 aromatic heterocycles. The monoisotopic (exact) mass is 255 g/mol. The number of hydrogen-bond donors (Lipinski definition) is 1. The zero-order valence-electron chi connectivity index (χ0n) is 9.40. The highest BCUT2D eigenvalue weighted by Gasteiger charge is 2.15. The molecule has 1 atom stereocenters. The molecule has 1 aliphatic rings. The standard InChI is InChI=1S/C12H14FN3.ClH/c13-10-4-3-9-7-15-16(12(9)6-10)8-11-2-1-5-14-11;/h3-4,6-7,11,14H,1-2,5,8H2;1H/t11-;/m1./s1. The Morgan fingerprint density at radius 1 is 1.47 bits per heavy atom. The van der Waals surface area contributed by atoms with Crippen molar-refractivity contribution in [2.45, 2.75) is 25.4 Å². The average Bonchev–Trinajstić information content (AvgIpc) is 2.90. The van der Waals surface area contributed by atoms with Gasteiger partial charge >= 0.3 is 0 Å². The van der Waals surface area contributed by atoms with E-state index in [0.717, 1.165) is 24.0 Å². The van der Waals surface area contributed by atoms with Crippen molar-refractivity contribution in [1.82, 2.24) is 15.1 Å². The summed E-state index contributed by atoms with van der Waals surface area (Å²) in [6.45, 7) is 1.91. The number of nitrogens with one attached hydrogen (secondary N) is 1. The minimum absolute atomic E-state index is 0. The Morgan fingerprint density at radius 2 is 2.35 bits per heavy atom. The fourth-order valence-electron chi connectivity index (χ4n) is 2.31. The maximum Gasteiger partial charge on any atom is 0.125 e. The summed E-state index contributed by atoms with van der Waals surface area (Å²) in [5, 5.41) is 8.73. The van der Waals surface area contributed by atoms with Crippen molar-refractivity contribution < 1.29 is 4.39 Å². The SMILES string of the molecule is Cl.Fc1ccc2cnn(C[C@H]3CCCN3)c2c1. The number of hydrogen-bond acceptors (Lipinski definition) is 2.